The molecule has 13 nitrogen and oxygen atoms in total. The number of aromatic nitrogens is 4. The lowest BCUT2D eigenvalue weighted by atomic mass is 9.98. The van der Waals surface area contributed by atoms with Crippen molar-refractivity contribution in [1.29, 1.82) is 0 Å². The molecule has 0 bridgehead atoms. The molecule has 1 aromatic carbocycles. The number of nitrogen functional groups attached to an aromatic ring is 1. The summed E-state index contributed by atoms with van der Waals surface area (Å²) in [6.07, 6.45) is 5.62. The largest absolute Gasteiger partial charge is 0.494 e. The molecule has 0 unspecified atom stereocenters. The third kappa shape index (κ3) is 10.6. The Kier molecular flexibility index (Phi) is 11.7. The number of nitrogens with two attached hydrogens (primary N) is 1. The Hall–Kier alpha value is -3.54. The van der Waals surface area contributed by atoms with Crippen LogP contribution in [0.25, 0.3) is 11.2 Å². The van der Waals surface area contributed by atoms with E-state index in [0.717, 1.165) is 25.8 Å². The Morgan fingerprint density at radius 3 is 2.19 bits per heavy atom. The molecule has 2 heterocycles. The molecule has 0 spiro atoms. The van der Waals surface area contributed by atoms with Crippen molar-refractivity contribution in [3.63, 3.8) is 0 Å². The van der Waals surface area contributed by atoms with Crippen molar-refractivity contribution >= 4 is 36.5 Å². The lowest BCUT2D eigenvalue weighted by Crippen LogP contribution is -2.24. The minimum Gasteiger partial charge on any atom is -0.494 e. The molecule has 236 valence electrons. The van der Waals surface area contributed by atoms with E-state index in [9.17, 15) is 14.2 Å². The molecule has 2 aromatic heterocycles. The minimum atomic E-state index is -3.90. The molecule has 0 radical (unpaired) electrons. The molecule has 0 aliphatic heterocycles. The average Bonchev–Trinajstić information content (AvgIpc) is 3.34. The number of fused-ring (bicyclic) bond motifs is 1. The number of benzene rings is 1. The monoisotopic (exact) mass is 619 g/mol. The number of carbonyl (C=O) groups is 2. The van der Waals surface area contributed by atoms with Gasteiger partial charge in [0.1, 0.15) is 17.6 Å². The lowest BCUT2D eigenvalue weighted by Gasteiger charge is -2.22. The van der Waals surface area contributed by atoms with Gasteiger partial charge in [-0.15, -0.1) is 0 Å². The molecule has 43 heavy (non-hydrogen) atoms. The van der Waals surface area contributed by atoms with Crippen LogP contribution in [0.15, 0.2) is 36.9 Å². The van der Waals surface area contributed by atoms with Gasteiger partial charge in [-0.1, -0.05) is 12.1 Å². The number of hydrogen-bond acceptors (Lipinski definition) is 12. The predicted octanol–water partition coefficient (Wildman–Crippen LogP) is 5.48. The molecule has 0 aliphatic carbocycles. The van der Waals surface area contributed by atoms with Gasteiger partial charge in [0.05, 0.1) is 29.9 Å². The van der Waals surface area contributed by atoms with Crippen molar-refractivity contribution in [3.8, 4) is 5.75 Å². The Balaban J connectivity index is 1.52. The van der Waals surface area contributed by atoms with Crippen LogP contribution in [-0.4, -0.2) is 51.7 Å². The van der Waals surface area contributed by atoms with Gasteiger partial charge in [-0.2, -0.15) is 0 Å². The van der Waals surface area contributed by atoms with Crippen molar-refractivity contribution in [2.75, 3.05) is 25.9 Å². The van der Waals surface area contributed by atoms with Gasteiger partial charge in [-0.25, -0.2) is 15.0 Å². The van der Waals surface area contributed by atoms with E-state index in [2.05, 4.69) is 15.0 Å². The second kappa shape index (κ2) is 14.8. The summed E-state index contributed by atoms with van der Waals surface area (Å²) in [5, 5.41) is 0. The summed E-state index contributed by atoms with van der Waals surface area (Å²) in [5.41, 5.74) is 6.24. The summed E-state index contributed by atoms with van der Waals surface area (Å²) < 4.78 is 42.6. The molecule has 0 fully saturated rings. The minimum absolute atomic E-state index is 0.155. The topological polar surface area (TPSA) is 167 Å². The zero-order valence-corrected chi connectivity index (χ0v) is 26.6. The molecule has 3 rings (SSSR count). The zero-order valence-electron chi connectivity index (χ0n) is 25.7. The second-order valence-corrected chi connectivity index (χ2v) is 14.1. The molecule has 0 aliphatic rings. The summed E-state index contributed by atoms with van der Waals surface area (Å²) in [7, 11) is -3.90. The van der Waals surface area contributed by atoms with Gasteiger partial charge in [-0.05, 0) is 78.5 Å². The highest BCUT2D eigenvalue weighted by Gasteiger charge is 2.30. The summed E-state index contributed by atoms with van der Waals surface area (Å²) in [6, 6.07) is 7.06. The first kappa shape index (κ1) is 34.0. The number of rotatable bonds is 15. The fourth-order valence-electron chi connectivity index (χ4n) is 3.65. The van der Waals surface area contributed by atoms with Gasteiger partial charge in [0, 0.05) is 6.54 Å². The molecular formula is C29H42N5O8P. The molecule has 3 aromatic rings. The zero-order chi connectivity index (χ0) is 31.7. The predicted molar refractivity (Wildman–Crippen MR) is 160 cm³/mol. The van der Waals surface area contributed by atoms with E-state index in [-0.39, 0.29) is 6.16 Å². The van der Waals surface area contributed by atoms with E-state index in [1.807, 2.05) is 4.57 Å². The van der Waals surface area contributed by atoms with Crippen LogP contribution >= 0.6 is 7.60 Å². The number of imidazole rings is 1. The van der Waals surface area contributed by atoms with Crippen LogP contribution in [-0.2, 0) is 45.4 Å². The van der Waals surface area contributed by atoms with Crippen LogP contribution in [0.4, 0.5) is 5.82 Å². The first-order chi connectivity index (χ1) is 20.2. The smallest absolute Gasteiger partial charge is 0.340 e. The van der Waals surface area contributed by atoms with Crippen molar-refractivity contribution in [1.82, 2.24) is 19.5 Å². The van der Waals surface area contributed by atoms with E-state index in [1.54, 1.807) is 72.1 Å². The van der Waals surface area contributed by atoms with Crippen molar-refractivity contribution in [3.05, 3.63) is 42.5 Å². The van der Waals surface area contributed by atoms with Crippen molar-refractivity contribution in [2.24, 2.45) is 10.8 Å². The first-order valence-corrected chi connectivity index (χ1v) is 15.8. The van der Waals surface area contributed by atoms with Crippen LogP contribution in [0.2, 0.25) is 0 Å². The van der Waals surface area contributed by atoms with Gasteiger partial charge in [0.25, 0.3) is 0 Å². The molecule has 0 saturated carbocycles. The Morgan fingerprint density at radius 2 is 1.56 bits per heavy atom. The Labute approximate surface area is 252 Å². The average molecular weight is 620 g/mol. The number of anilines is 1. The van der Waals surface area contributed by atoms with E-state index in [0.29, 0.717) is 34.9 Å². The number of ether oxygens (including phenoxy) is 3. The molecule has 14 heteroatoms. The summed E-state index contributed by atoms with van der Waals surface area (Å²) in [5.74, 6) is -0.0896. The maximum Gasteiger partial charge on any atom is 0.340 e. The number of hydrogen-bond donors (Lipinski definition) is 1. The van der Waals surface area contributed by atoms with Crippen LogP contribution in [0.5, 0.6) is 5.75 Å². The van der Waals surface area contributed by atoms with Crippen LogP contribution in [0.1, 0.15) is 66.4 Å². The van der Waals surface area contributed by atoms with Gasteiger partial charge in [0.15, 0.2) is 11.5 Å². The standard InChI is InChI=1S/C29H42N5O8P/c1-28(2,3)26(35)39-19-41-43(37,42-20-40-27(36)29(4,5)6)16-21-11-10-12-22(15-21)38-14-9-7-8-13-34-18-33-23-24(30)31-17-32-25(23)34/h10-12,15,17-18H,7-9,13-14,16,19-20H2,1-6H3,(H2,30,31,32). The molecule has 0 atom stereocenters. The highest BCUT2D eigenvalue weighted by Crippen LogP contribution is 2.51. The van der Waals surface area contributed by atoms with E-state index >= 15 is 0 Å². The van der Waals surface area contributed by atoms with Gasteiger partial charge in [0.2, 0.25) is 13.6 Å². The van der Waals surface area contributed by atoms with Crippen molar-refractivity contribution in [2.45, 2.75) is 73.5 Å². The highest BCUT2D eigenvalue weighted by molar-refractivity contribution is 7.53. The SMILES string of the molecule is CC(C)(C)C(=O)OCOP(=O)(Cc1cccc(OCCCCCn2cnc3c(N)ncnc32)c1)OCOC(=O)C(C)(C)C. The highest BCUT2D eigenvalue weighted by atomic mass is 31.2. The maximum atomic E-state index is 13.6. The number of unbranched alkanes of at least 4 members (excludes halogenated alkanes) is 2. The summed E-state index contributed by atoms with van der Waals surface area (Å²) in [6.45, 7) is 10.2. The van der Waals surface area contributed by atoms with Crippen LogP contribution in [0, 0.1) is 10.8 Å². The van der Waals surface area contributed by atoms with Gasteiger partial charge < -0.3 is 24.5 Å². The number of carbonyl (C=O) groups excluding carboxylic acids is 2. The second-order valence-electron chi connectivity index (χ2n) is 12.1. The van der Waals surface area contributed by atoms with Crippen LogP contribution in [0.3, 0.4) is 0 Å². The molecule has 2 N–H and O–H groups in total. The maximum absolute atomic E-state index is 13.6. The summed E-state index contributed by atoms with van der Waals surface area (Å²) >= 11 is 0. The van der Waals surface area contributed by atoms with E-state index in [4.69, 9.17) is 29.0 Å². The third-order valence-corrected chi connectivity index (χ3v) is 7.87. The molecular weight excluding hydrogens is 577 g/mol. The normalized spacial score (nSPS) is 12.3. The number of esters is 2. The Morgan fingerprint density at radius 1 is 0.907 bits per heavy atom. The molecule has 0 saturated heterocycles. The quantitative estimate of drug-likeness (QED) is 0.0986. The van der Waals surface area contributed by atoms with Gasteiger partial charge in [-0.3, -0.25) is 23.2 Å². The summed E-state index contributed by atoms with van der Waals surface area (Å²) in [4.78, 5) is 36.8. The lowest BCUT2D eigenvalue weighted by molar-refractivity contribution is -0.162. The number of aryl methyl sites for hydroxylation is 1. The number of nitrogens with zero attached hydrogens (tertiary/aromatic N) is 4. The molecule has 0 amide bonds. The van der Waals surface area contributed by atoms with Crippen molar-refractivity contribution < 1.29 is 37.4 Å². The first-order valence-electron chi connectivity index (χ1n) is 14.0. The fourth-order valence-corrected chi connectivity index (χ4v) is 4.98. The van der Waals surface area contributed by atoms with Crippen LogP contribution < -0.4 is 10.5 Å². The van der Waals surface area contributed by atoms with E-state index < -0.39 is 44.0 Å². The fraction of sp³-hybridized carbons (Fsp3) is 0.552. The van der Waals surface area contributed by atoms with E-state index in [1.165, 1.54) is 6.33 Å². The van der Waals surface area contributed by atoms with Gasteiger partial charge >= 0.3 is 19.5 Å². The Bertz CT molecular complexity index is 1390. The third-order valence-electron chi connectivity index (χ3n) is 6.12.